The predicted molar refractivity (Wildman–Crippen MR) is 190 cm³/mol. The number of ether oxygens (including phenoxy) is 1. The van der Waals surface area contributed by atoms with E-state index in [0.29, 0.717) is 22.6 Å². The summed E-state index contributed by atoms with van der Waals surface area (Å²) in [6.45, 7) is -0.376. The van der Waals surface area contributed by atoms with E-state index in [4.69, 9.17) is 10.5 Å². The molecule has 16 nitrogen and oxygen atoms in total. The van der Waals surface area contributed by atoms with Gasteiger partial charge in [-0.3, -0.25) is 19.3 Å². The molecule has 0 unspecified atom stereocenters. The number of anilines is 2. The lowest BCUT2D eigenvalue weighted by molar-refractivity contribution is -0.157. The van der Waals surface area contributed by atoms with E-state index in [0.717, 1.165) is 0 Å². The van der Waals surface area contributed by atoms with Crippen molar-refractivity contribution in [2.24, 2.45) is 23.5 Å². The average Bonchev–Trinajstić information content (AvgIpc) is 3.09. The second kappa shape index (κ2) is 13.9. The maximum atomic E-state index is 14.3. The molecular formula is C37H46N4O12. The summed E-state index contributed by atoms with van der Waals surface area (Å²) in [5, 5.41) is 90.6. The molecule has 0 aromatic heterocycles. The van der Waals surface area contributed by atoms with Crippen LogP contribution in [-0.4, -0.2) is 134 Å². The first-order valence-electron chi connectivity index (χ1n) is 17.3. The number of nitrogens with zero attached hydrogens (tertiary/aromatic N) is 2. The van der Waals surface area contributed by atoms with Crippen molar-refractivity contribution in [3.8, 4) is 11.5 Å². The summed E-state index contributed by atoms with van der Waals surface area (Å²) in [4.78, 5) is 43.2. The van der Waals surface area contributed by atoms with E-state index < -0.39 is 101 Å². The topological polar surface area (TPSA) is 267 Å². The summed E-state index contributed by atoms with van der Waals surface area (Å²) in [5.41, 5.74) is 3.22. The van der Waals surface area contributed by atoms with Crippen molar-refractivity contribution >= 4 is 34.6 Å². The van der Waals surface area contributed by atoms with Crippen LogP contribution in [0, 0.1) is 17.8 Å². The fourth-order valence-corrected chi connectivity index (χ4v) is 8.52. The largest absolute Gasteiger partial charge is 0.508 e. The number of carbonyl (C=O) groups excluding carboxylic acids is 3. The van der Waals surface area contributed by atoms with Crippen LogP contribution in [0.5, 0.6) is 11.5 Å². The van der Waals surface area contributed by atoms with Crippen LogP contribution in [0.15, 0.2) is 47.2 Å². The van der Waals surface area contributed by atoms with E-state index in [1.165, 1.54) is 19.0 Å². The first-order valence-corrected chi connectivity index (χ1v) is 17.3. The molecule has 0 spiro atoms. The van der Waals surface area contributed by atoms with Gasteiger partial charge in [-0.1, -0.05) is 18.2 Å². The van der Waals surface area contributed by atoms with Crippen molar-refractivity contribution in [3.05, 3.63) is 63.9 Å². The highest BCUT2D eigenvalue weighted by atomic mass is 16.5. The van der Waals surface area contributed by atoms with E-state index >= 15 is 0 Å². The molecule has 0 saturated heterocycles. The van der Waals surface area contributed by atoms with Crippen LogP contribution in [0.2, 0.25) is 0 Å². The summed E-state index contributed by atoms with van der Waals surface area (Å²) in [6.07, 6.45) is -5.09. The van der Waals surface area contributed by atoms with Crippen molar-refractivity contribution in [3.63, 3.8) is 0 Å². The monoisotopic (exact) mass is 738 g/mol. The molecule has 0 radical (unpaired) electrons. The number of rotatable bonds is 9. The highest BCUT2D eigenvalue weighted by molar-refractivity contribution is 6.24. The third-order valence-electron chi connectivity index (χ3n) is 11.2. The molecular weight excluding hydrogens is 692 g/mol. The van der Waals surface area contributed by atoms with E-state index in [1.54, 1.807) is 49.3 Å². The quantitative estimate of drug-likeness (QED) is 0.115. The number of para-hydroxylation sites is 1. The molecule has 2 fully saturated rings. The van der Waals surface area contributed by atoms with Crippen LogP contribution in [-0.2, 0) is 27.3 Å². The highest BCUT2D eigenvalue weighted by Gasteiger charge is 2.64. The lowest BCUT2D eigenvalue weighted by Crippen LogP contribution is -2.65. The minimum absolute atomic E-state index is 0.0408. The third-order valence-corrected chi connectivity index (χ3v) is 11.2. The number of aromatic hydroxyl groups is 1. The number of Topliss-reactive ketones (excluding diaryl/α,β-unsaturated/α-hetero) is 2. The number of primary amides is 1. The van der Waals surface area contributed by atoms with Gasteiger partial charge in [0.15, 0.2) is 11.4 Å². The molecule has 9 atom stereocenters. The van der Waals surface area contributed by atoms with Crippen LogP contribution >= 0.6 is 0 Å². The molecule has 4 aliphatic rings. The molecule has 2 aromatic rings. The van der Waals surface area contributed by atoms with Gasteiger partial charge in [0.25, 0.3) is 5.91 Å². The lowest BCUT2D eigenvalue weighted by atomic mass is 9.57. The van der Waals surface area contributed by atoms with Gasteiger partial charge in [-0.05, 0) is 57.0 Å². The Morgan fingerprint density at radius 3 is 2.32 bits per heavy atom. The van der Waals surface area contributed by atoms with Gasteiger partial charge < -0.3 is 61.5 Å². The number of likely N-dealkylation sites (N-methyl/N-ethyl adjacent to an activating group) is 1. The van der Waals surface area contributed by atoms with Crippen LogP contribution in [0.25, 0.3) is 5.76 Å². The summed E-state index contributed by atoms with van der Waals surface area (Å²) in [6, 6.07) is 7.29. The number of hydrogen-bond donors (Lipinski definition) is 10. The number of phenolic OH excluding ortho intramolecular Hbond substituents is 1. The number of phenols is 1. The molecule has 4 aliphatic carbocycles. The Bertz CT molecular complexity index is 1910. The Morgan fingerprint density at radius 1 is 1.02 bits per heavy atom. The van der Waals surface area contributed by atoms with Crippen LogP contribution in [0.3, 0.4) is 0 Å². The minimum Gasteiger partial charge on any atom is -0.508 e. The molecule has 11 N–H and O–H groups in total. The number of fused-ring (bicyclic) bond motifs is 3. The number of aliphatic hydroxyl groups is 7. The van der Waals surface area contributed by atoms with Gasteiger partial charge >= 0.3 is 0 Å². The summed E-state index contributed by atoms with van der Waals surface area (Å²) < 4.78 is 6.09. The van der Waals surface area contributed by atoms with Gasteiger partial charge in [-0.2, -0.15) is 0 Å². The first kappa shape index (κ1) is 38.0. The molecule has 53 heavy (non-hydrogen) atoms. The maximum absolute atomic E-state index is 14.3. The zero-order valence-corrected chi connectivity index (χ0v) is 29.7. The molecule has 0 heterocycles. The van der Waals surface area contributed by atoms with Crippen molar-refractivity contribution in [2.45, 2.75) is 61.9 Å². The smallest absolute Gasteiger partial charge is 0.255 e. The van der Waals surface area contributed by atoms with E-state index in [2.05, 4.69) is 5.32 Å². The number of nitrogens with two attached hydrogens (primary N) is 1. The minimum atomic E-state index is -2.76. The van der Waals surface area contributed by atoms with Gasteiger partial charge in [0.2, 0.25) is 5.78 Å². The fourth-order valence-electron chi connectivity index (χ4n) is 8.52. The molecule has 1 amide bonds. The van der Waals surface area contributed by atoms with Crippen LogP contribution in [0.4, 0.5) is 11.4 Å². The van der Waals surface area contributed by atoms with Gasteiger partial charge in [0.05, 0.1) is 23.4 Å². The molecule has 0 bridgehead atoms. The van der Waals surface area contributed by atoms with Crippen molar-refractivity contribution in [2.75, 3.05) is 45.0 Å². The average molecular weight is 739 g/mol. The molecule has 16 heteroatoms. The van der Waals surface area contributed by atoms with Gasteiger partial charge in [0, 0.05) is 55.9 Å². The second-order valence-electron chi connectivity index (χ2n) is 14.8. The number of aliphatic hydroxyl groups excluding tert-OH is 6. The number of benzene rings is 2. The maximum Gasteiger partial charge on any atom is 0.255 e. The standard InChI is InChI=1S/C37H46N4O12/c1-40(2)21-12-20(39-13-15-7-5-6-8-22(15)53-23-11-17(14-42)28(43)33(48)30(23)45)29(44)25-18(21)9-16-10-19-27(41(3)4)32(47)26(36(38)51)35(50)37(19,52)34(49)24(16)31(25)46/h5-8,12,16-17,19,23,27-28,30,33,39,42-46,48,50,52H,9-11,13-14H2,1-4H3,(H2,38,51)/t16-,17+,19-,23+,27+,28+,30-,33-,37-/m0/s1. The SMILES string of the molecule is CN(C)c1cc(NCc2ccccc2O[C@@H]2C[C@H](CO)[C@@H](O)[C@H](O)[C@H]2O)c(O)c2c1C[C@H]1C[C@H]3[C@@H](N(C)C)C(=O)C(C(N)=O)=C(O)[C@@]3(O)C(=O)C1=C2O. The Balaban J connectivity index is 1.37. The number of amides is 1. The van der Waals surface area contributed by atoms with E-state index in [9.17, 15) is 55.2 Å². The Labute approximate surface area is 305 Å². The zero-order chi connectivity index (χ0) is 38.8. The summed E-state index contributed by atoms with van der Waals surface area (Å²) >= 11 is 0. The number of carbonyl (C=O) groups is 3. The van der Waals surface area contributed by atoms with Crippen LogP contribution in [0.1, 0.15) is 29.5 Å². The first-order chi connectivity index (χ1) is 24.9. The Hall–Kier alpha value is -4.71. The Kier molecular flexibility index (Phi) is 9.99. The zero-order valence-electron chi connectivity index (χ0n) is 29.7. The van der Waals surface area contributed by atoms with E-state index in [1.807, 2.05) is 0 Å². The van der Waals surface area contributed by atoms with Gasteiger partial charge in [-0.15, -0.1) is 0 Å². The lowest BCUT2D eigenvalue weighted by Gasteiger charge is -2.50. The summed E-state index contributed by atoms with van der Waals surface area (Å²) in [7, 11) is 6.60. The molecule has 0 aliphatic heterocycles. The van der Waals surface area contributed by atoms with Crippen molar-refractivity contribution in [1.29, 1.82) is 0 Å². The molecule has 286 valence electrons. The van der Waals surface area contributed by atoms with Crippen LogP contribution < -0.4 is 20.7 Å². The second-order valence-corrected chi connectivity index (χ2v) is 14.8. The van der Waals surface area contributed by atoms with Gasteiger partial charge in [-0.25, -0.2) is 0 Å². The number of nitrogens with one attached hydrogen (secondary N) is 1. The van der Waals surface area contributed by atoms with Crippen molar-refractivity contribution < 1.29 is 60.0 Å². The summed E-state index contributed by atoms with van der Waals surface area (Å²) in [5.74, 6) is -7.79. The molecule has 2 aromatic carbocycles. The molecule has 2 saturated carbocycles. The fraction of sp³-hybridized carbons (Fsp3) is 0.486. The van der Waals surface area contributed by atoms with Crippen molar-refractivity contribution in [1.82, 2.24) is 4.90 Å². The predicted octanol–water partition coefficient (Wildman–Crippen LogP) is -0.516. The third kappa shape index (κ3) is 5.99. The van der Waals surface area contributed by atoms with E-state index in [-0.39, 0.29) is 42.6 Å². The van der Waals surface area contributed by atoms with Gasteiger partial charge in [0.1, 0.15) is 46.9 Å². The highest BCUT2D eigenvalue weighted by Crippen LogP contribution is 2.54. The molecule has 6 rings (SSSR count). The number of hydrogen-bond acceptors (Lipinski definition) is 15. The Morgan fingerprint density at radius 2 is 1.70 bits per heavy atom. The normalized spacial score (nSPS) is 31.2. The number of ketones is 2.